The van der Waals surface area contributed by atoms with Crippen LogP contribution in [0.5, 0.6) is 11.5 Å². The molecule has 4 rings (SSSR count). The van der Waals surface area contributed by atoms with Gasteiger partial charge in [-0.1, -0.05) is 6.07 Å². The predicted molar refractivity (Wildman–Crippen MR) is 109 cm³/mol. The van der Waals surface area contributed by atoms with E-state index < -0.39 is 0 Å². The van der Waals surface area contributed by atoms with Crippen molar-refractivity contribution in [2.24, 2.45) is 0 Å². The summed E-state index contributed by atoms with van der Waals surface area (Å²) in [5.41, 5.74) is 3.15. The number of nitrogens with one attached hydrogen (secondary N) is 2. The molecule has 7 heteroatoms. The van der Waals surface area contributed by atoms with Crippen molar-refractivity contribution in [3.05, 3.63) is 48.0 Å². The van der Waals surface area contributed by atoms with Gasteiger partial charge in [0.1, 0.15) is 0 Å². The van der Waals surface area contributed by atoms with Crippen LogP contribution in [0.3, 0.4) is 0 Å². The van der Waals surface area contributed by atoms with Gasteiger partial charge in [0.2, 0.25) is 12.7 Å². The lowest BCUT2D eigenvalue weighted by Gasteiger charge is -2.34. The van der Waals surface area contributed by atoms with Gasteiger partial charge in [-0.25, -0.2) is 0 Å². The Morgan fingerprint density at radius 1 is 1.00 bits per heavy atom. The Labute approximate surface area is 165 Å². The summed E-state index contributed by atoms with van der Waals surface area (Å²) in [6.07, 6.45) is 0. The van der Waals surface area contributed by atoms with Crippen molar-refractivity contribution < 1.29 is 14.3 Å². The number of rotatable bonds is 6. The molecule has 0 aliphatic carbocycles. The fourth-order valence-electron chi connectivity index (χ4n) is 3.35. The van der Waals surface area contributed by atoms with Crippen LogP contribution < -0.4 is 25.0 Å². The zero-order valence-electron chi connectivity index (χ0n) is 16.1. The molecular formula is C21H26N4O3. The molecule has 1 saturated heterocycles. The minimum absolute atomic E-state index is 0.0548. The maximum atomic E-state index is 12.1. The van der Waals surface area contributed by atoms with E-state index in [1.807, 2.05) is 30.3 Å². The summed E-state index contributed by atoms with van der Waals surface area (Å²) in [7, 11) is 2.15. The lowest BCUT2D eigenvalue weighted by molar-refractivity contribution is -0.119. The highest BCUT2D eigenvalue weighted by molar-refractivity contribution is 5.80. The molecule has 2 aliphatic heterocycles. The number of likely N-dealkylation sites (N-methyl/N-ethyl adjacent to an activating group) is 1. The van der Waals surface area contributed by atoms with Gasteiger partial charge >= 0.3 is 0 Å². The van der Waals surface area contributed by atoms with Gasteiger partial charge in [0.05, 0.1) is 6.54 Å². The van der Waals surface area contributed by atoms with Crippen LogP contribution in [0.1, 0.15) is 5.56 Å². The number of anilines is 2. The van der Waals surface area contributed by atoms with Crippen molar-refractivity contribution >= 4 is 17.3 Å². The number of carbonyl (C=O) groups excluding carboxylic acids is 1. The van der Waals surface area contributed by atoms with Crippen molar-refractivity contribution in [2.75, 3.05) is 56.8 Å². The second-order valence-electron chi connectivity index (χ2n) is 7.16. The van der Waals surface area contributed by atoms with Crippen molar-refractivity contribution in [2.45, 2.75) is 6.54 Å². The molecule has 0 aromatic heterocycles. The zero-order valence-corrected chi connectivity index (χ0v) is 16.1. The van der Waals surface area contributed by atoms with E-state index in [0.717, 1.165) is 48.9 Å². The summed E-state index contributed by atoms with van der Waals surface area (Å²) >= 11 is 0. The van der Waals surface area contributed by atoms with Gasteiger partial charge in [-0.2, -0.15) is 0 Å². The van der Waals surface area contributed by atoms with Crippen LogP contribution in [0.15, 0.2) is 42.5 Å². The average Bonchev–Trinajstić information content (AvgIpc) is 3.19. The zero-order chi connectivity index (χ0) is 19.3. The monoisotopic (exact) mass is 382 g/mol. The average molecular weight is 382 g/mol. The van der Waals surface area contributed by atoms with Crippen molar-refractivity contribution in [3.63, 3.8) is 0 Å². The SMILES string of the molecule is CN1CCN(c2ccc(NCC(=O)NCc3ccc4c(c3)OCO4)cc2)CC1. The molecule has 0 atom stereocenters. The smallest absolute Gasteiger partial charge is 0.239 e. The first-order valence-corrected chi connectivity index (χ1v) is 9.60. The minimum Gasteiger partial charge on any atom is -0.454 e. The predicted octanol–water partition coefficient (Wildman–Crippen LogP) is 1.90. The van der Waals surface area contributed by atoms with Crippen molar-refractivity contribution in [1.82, 2.24) is 10.2 Å². The molecule has 0 spiro atoms. The number of nitrogens with zero attached hydrogens (tertiary/aromatic N) is 2. The third kappa shape index (κ3) is 4.48. The number of hydrogen-bond donors (Lipinski definition) is 2. The Kier molecular flexibility index (Phi) is 5.53. The number of fused-ring (bicyclic) bond motifs is 1. The first kappa shape index (κ1) is 18.4. The number of carbonyl (C=O) groups is 1. The first-order chi connectivity index (χ1) is 13.7. The summed E-state index contributed by atoms with van der Waals surface area (Å²) in [6, 6.07) is 14.0. The molecular weight excluding hydrogens is 356 g/mol. The second kappa shape index (κ2) is 8.39. The van der Waals surface area contributed by atoms with E-state index in [1.165, 1.54) is 5.69 Å². The second-order valence-corrected chi connectivity index (χ2v) is 7.16. The molecule has 2 heterocycles. The summed E-state index contributed by atoms with van der Waals surface area (Å²) < 4.78 is 10.7. The molecule has 2 aliphatic rings. The quantitative estimate of drug-likeness (QED) is 0.796. The lowest BCUT2D eigenvalue weighted by atomic mass is 10.2. The number of hydrogen-bond acceptors (Lipinski definition) is 6. The van der Waals surface area contributed by atoms with Crippen LogP contribution in [0.25, 0.3) is 0 Å². The molecule has 0 saturated carbocycles. The van der Waals surface area contributed by atoms with Gasteiger partial charge in [-0.3, -0.25) is 4.79 Å². The third-order valence-electron chi connectivity index (χ3n) is 5.12. The molecule has 2 aromatic carbocycles. The highest BCUT2D eigenvalue weighted by Crippen LogP contribution is 2.32. The van der Waals surface area contributed by atoms with Gasteiger partial charge in [-0.05, 0) is 49.0 Å². The van der Waals surface area contributed by atoms with Gasteiger partial charge < -0.3 is 29.9 Å². The van der Waals surface area contributed by atoms with E-state index in [1.54, 1.807) is 0 Å². The molecule has 0 bridgehead atoms. The molecule has 0 radical (unpaired) electrons. The Balaban J connectivity index is 1.22. The van der Waals surface area contributed by atoms with Crippen LogP contribution in [0.4, 0.5) is 11.4 Å². The topological polar surface area (TPSA) is 66.1 Å². The molecule has 2 N–H and O–H groups in total. The molecule has 0 unspecified atom stereocenters. The molecule has 1 fully saturated rings. The molecule has 28 heavy (non-hydrogen) atoms. The fraction of sp³-hybridized carbons (Fsp3) is 0.381. The van der Waals surface area contributed by atoms with E-state index in [0.29, 0.717) is 6.54 Å². The van der Waals surface area contributed by atoms with Gasteiger partial charge in [0.25, 0.3) is 0 Å². The molecule has 7 nitrogen and oxygen atoms in total. The van der Waals surface area contributed by atoms with E-state index in [2.05, 4.69) is 39.6 Å². The summed E-state index contributed by atoms with van der Waals surface area (Å²) in [4.78, 5) is 16.9. The Morgan fingerprint density at radius 2 is 1.75 bits per heavy atom. The number of ether oxygens (including phenoxy) is 2. The normalized spacial score (nSPS) is 16.1. The van der Waals surface area contributed by atoms with Crippen LogP contribution in [-0.4, -0.2) is 57.4 Å². The Hall–Kier alpha value is -2.93. The lowest BCUT2D eigenvalue weighted by Crippen LogP contribution is -2.44. The van der Waals surface area contributed by atoms with E-state index >= 15 is 0 Å². The standard InChI is InChI=1S/C21H26N4O3/c1-24-8-10-25(11-9-24)18-5-3-17(4-6-18)22-14-21(26)23-13-16-2-7-19-20(12-16)28-15-27-19/h2-7,12,22H,8-11,13-15H2,1H3,(H,23,26). The van der Waals surface area contributed by atoms with Crippen molar-refractivity contribution in [1.29, 1.82) is 0 Å². The number of amides is 1. The van der Waals surface area contributed by atoms with E-state index in [4.69, 9.17) is 9.47 Å². The summed E-state index contributed by atoms with van der Waals surface area (Å²) in [5.74, 6) is 1.42. The van der Waals surface area contributed by atoms with Gasteiger partial charge in [0, 0.05) is 44.1 Å². The Morgan fingerprint density at radius 3 is 2.54 bits per heavy atom. The van der Waals surface area contributed by atoms with Crippen LogP contribution >= 0.6 is 0 Å². The largest absolute Gasteiger partial charge is 0.454 e. The highest BCUT2D eigenvalue weighted by atomic mass is 16.7. The first-order valence-electron chi connectivity index (χ1n) is 9.60. The molecule has 148 valence electrons. The van der Waals surface area contributed by atoms with Gasteiger partial charge in [0.15, 0.2) is 11.5 Å². The number of benzene rings is 2. The van der Waals surface area contributed by atoms with Crippen molar-refractivity contribution in [3.8, 4) is 11.5 Å². The highest BCUT2D eigenvalue weighted by Gasteiger charge is 2.15. The van der Waals surface area contributed by atoms with Crippen LogP contribution in [0.2, 0.25) is 0 Å². The third-order valence-corrected chi connectivity index (χ3v) is 5.12. The van der Waals surface area contributed by atoms with Crippen LogP contribution in [-0.2, 0) is 11.3 Å². The minimum atomic E-state index is -0.0548. The van der Waals surface area contributed by atoms with E-state index in [9.17, 15) is 4.79 Å². The molecule has 2 aromatic rings. The Bertz CT molecular complexity index is 817. The maximum Gasteiger partial charge on any atom is 0.239 e. The number of piperazine rings is 1. The van der Waals surface area contributed by atoms with Gasteiger partial charge in [-0.15, -0.1) is 0 Å². The van der Waals surface area contributed by atoms with E-state index in [-0.39, 0.29) is 19.2 Å². The summed E-state index contributed by atoms with van der Waals surface area (Å²) in [5, 5.41) is 6.09. The molecule has 1 amide bonds. The summed E-state index contributed by atoms with van der Waals surface area (Å²) in [6.45, 7) is 5.21. The van der Waals surface area contributed by atoms with Crippen LogP contribution in [0, 0.1) is 0 Å². The fourth-order valence-corrected chi connectivity index (χ4v) is 3.35. The maximum absolute atomic E-state index is 12.1.